The second-order valence-corrected chi connectivity index (χ2v) is 6.99. The van der Waals surface area contributed by atoms with Gasteiger partial charge in [-0.25, -0.2) is 4.79 Å². The molecule has 0 saturated heterocycles. The first kappa shape index (κ1) is 15.8. The molecule has 1 aromatic carbocycles. The minimum absolute atomic E-state index is 0.197. The summed E-state index contributed by atoms with van der Waals surface area (Å²) in [4.78, 5) is 11.7. The summed E-state index contributed by atoms with van der Waals surface area (Å²) in [5.74, 6) is 1.11. The highest BCUT2D eigenvalue weighted by Gasteiger charge is 2.38. The van der Waals surface area contributed by atoms with E-state index in [4.69, 9.17) is 0 Å². The van der Waals surface area contributed by atoms with Gasteiger partial charge >= 0.3 is 6.03 Å². The number of hydrogen-bond acceptors (Lipinski definition) is 2. The molecular formula is C17H26N2O2. The molecule has 3 N–H and O–H groups in total. The van der Waals surface area contributed by atoms with Crippen LogP contribution >= 0.6 is 0 Å². The second-order valence-electron chi connectivity index (χ2n) is 6.99. The van der Waals surface area contributed by atoms with Gasteiger partial charge < -0.3 is 15.7 Å². The molecule has 0 aliphatic heterocycles. The van der Waals surface area contributed by atoms with E-state index in [0.29, 0.717) is 18.4 Å². The summed E-state index contributed by atoms with van der Waals surface area (Å²) in [6, 6.07) is 10.2. The maximum atomic E-state index is 11.7. The van der Waals surface area contributed by atoms with Crippen LogP contribution < -0.4 is 10.6 Å². The third kappa shape index (κ3) is 4.74. The molecule has 1 fully saturated rings. The first-order chi connectivity index (χ1) is 9.88. The van der Waals surface area contributed by atoms with E-state index in [2.05, 4.69) is 34.9 Å². The Bertz CT molecular complexity index is 467. The summed E-state index contributed by atoms with van der Waals surface area (Å²) in [6.07, 6.45) is 0.593. The highest BCUT2D eigenvalue weighted by Crippen LogP contribution is 2.46. The van der Waals surface area contributed by atoms with Gasteiger partial charge in [0.1, 0.15) is 0 Å². The van der Waals surface area contributed by atoms with E-state index in [0.717, 1.165) is 6.42 Å². The Morgan fingerprint density at radius 3 is 2.57 bits per heavy atom. The minimum Gasteiger partial charge on any atom is -0.391 e. The number of rotatable bonds is 5. The van der Waals surface area contributed by atoms with Crippen molar-refractivity contribution in [1.82, 2.24) is 10.6 Å². The zero-order valence-corrected chi connectivity index (χ0v) is 13.1. The van der Waals surface area contributed by atoms with Crippen molar-refractivity contribution < 1.29 is 9.90 Å². The van der Waals surface area contributed by atoms with Crippen molar-refractivity contribution in [1.29, 1.82) is 0 Å². The molecule has 2 amide bonds. The number of carbonyl (C=O) groups excluding carboxylic acids is 1. The second kappa shape index (κ2) is 6.48. The highest BCUT2D eigenvalue weighted by atomic mass is 16.3. The van der Waals surface area contributed by atoms with Gasteiger partial charge in [0.05, 0.1) is 6.10 Å². The summed E-state index contributed by atoms with van der Waals surface area (Å²) >= 11 is 0. The largest absolute Gasteiger partial charge is 0.391 e. The normalized spacial score (nSPS) is 22.5. The van der Waals surface area contributed by atoms with E-state index < -0.39 is 6.10 Å². The van der Waals surface area contributed by atoms with E-state index in [1.165, 1.54) is 5.56 Å². The molecule has 0 spiro atoms. The van der Waals surface area contributed by atoms with E-state index in [1.807, 2.05) is 26.8 Å². The molecule has 3 atom stereocenters. The highest BCUT2D eigenvalue weighted by molar-refractivity contribution is 5.73. The Morgan fingerprint density at radius 2 is 1.95 bits per heavy atom. The number of benzene rings is 1. The van der Waals surface area contributed by atoms with Gasteiger partial charge in [0, 0.05) is 13.1 Å². The summed E-state index contributed by atoms with van der Waals surface area (Å²) in [6.45, 7) is 6.82. The Labute approximate surface area is 126 Å². The maximum Gasteiger partial charge on any atom is 0.314 e. The standard InChI is InChI=1S/C17H26N2O2/c1-17(2,3)15(20)11-19-16(21)18-10-13-9-14(13)12-7-5-4-6-8-12/h4-8,13-15,20H,9-11H2,1-3H3,(H2,18,19,21). The van der Waals surface area contributed by atoms with Crippen LogP contribution in [0.5, 0.6) is 0 Å². The topological polar surface area (TPSA) is 61.4 Å². The quantitative estimate of drug-likeness (QED) is 0.780. The van der Waals surface area contributed by atoms with E-state index >= 15 is 0 Å². The molecule has 21 heavy (non-hydrogen) atoms. The van der Waals surface area contributed by atoms with Gasteiger partial charge in [-0.05, 0) is 29.2 Å². The molecule has 116 valence electrons. The molecule has 4 nitrogen and oxygen atoms in total. The smallest absolute Gasteiger partial charge is 0.314 e. The number of hydrogen-bond donors (Lipinski definition) is 3. The van der Waals surface area contributed by atoms with Crippen molar-refractivity contribution >= 4 is 6.03 Å². The van der Waals surface area contributed by atoms with E-state index in [1.54, 1.807) is 0 Å². The minimum atomic E-state index is -0.541. The van der Waals surface area contributed by atoms with Crippen LogP contribution in [-0.2, 0) is 0 Å². The molecule has 1 aromatic rings. The molecule has 0 bridgehead atoms. The van der Waals surface area contributed by atoms with E-state index in [-0.39, 0.29) is 18.0 Å². The van der Waals surface area contributed by atoms with Crippen LogP contribution in [0.3, 0.4) is 0 Å². The molecule has 1 saturated carbocycles. The van der Waals surface area contributed by atoms with Crippen LogP contribution in [-0.4, -0.2) is 30.3 Å². The molecule has 1 aliphatic carbocycles. The molecule has 3 unspecified atom stereocenters. The summed E-state index contributed by atoms with van der Waals surface area (Å²) in [5, 5.41) is 15.5. The van der Waals surface area contributed by atoms with Crippen molar-refractivity contribution in [2.24, 2.45) is 11.3 Å². The average molecular weight is 290 g/mol. The van der Waals surface area contributed by atoms with Crippen LogP contribution in [0.1, 0.15) is 38.7 Å². The molecule has 0 aromatic heterocycles. The summed E-state index contributed by atoms with van der Waals surface area (Å²) in [7, 11) is 0. The fourth-order valence-electron chi connectivity index (χ4n) is 2.36. The summed E-state index contributed by atoms with van der Waals surface area (Å²) in [5.41, 5.74) is 1.13. The van der Waals surface area contributed by atoms with Gasteiger partial charge in [0.25, 0.3) is 0 Å². The fraction of sp³-hybridized carbons (Fsp3) is 0.588. The van der Waals surface area contributed by atoms with Crippen LogP contribution in [0.2, 0.25) is 0 Å². The molecule has 1 aliphatic rings. The number of urea groups is 1. The lowest BCUT2D eigenvalue weighted by Crippen LogP contribution is -2.44. The van der Waals surface area contributed by atoms with Crippen molar-refractivity contribution in [3.8, 4) is 0 Å². The number of amides is 2. The number of aliphatic hydroxyl groups is 1. The van der Waals surface area contributed by atoms with Crippen molar-refractivity contribution in [3.63, 3.8) is 0 Å². The Balaban J connectivity index is 1.65. The monoisotopic (exact) mass is 290 g/mol. The summed E-state index contributed by atoms with van der Waals surface area (Å²) < 4.78 is 0. The van der Waals surface area contributed by atoms with Crippen molar-refractivity contribution in [2.45, 2.75) is 39.2 Å². The number of nitrogens with one attached hydrogen (secondary N) is 2. The van der Waals surface area contributed by atoms with Crippen molar-refractivity contribution in [2.75, 3.05) is 13.1 Å². The van der Waals surface area contributed by atoms with Crippen molar-refractivity contribution in [3.05, 3.63) is 35.9 Å². The Kier molecular flexibility index (Phi) is 4.88. The van der Waals surface area contributed by atoms with Gasteiger partial charge in [0.15, 0.2) is 0 Å². The van der Waals surface area contributed by atoms with Gasteiger partial charge in [-0.15, -0.1) is 0 Å². The average Bonchev–Trinajstić information content (AvgIpc) is 3.22. The molecule has 0 radical (unpaired) electrons. The Morgan fingerprint density at radius 1 is 1.29 bits per heavy atom. The van der Waals surface area contributed by atoms with Crippen LogP contribution in [0, 0.1) is 11.3 Å². The molecule has 2 rings (SSSR count). The van der Waals surface area contributed by atoms with Gasteiger partial charge in [-0.2, -0.15) is 0 Å². The van der Waals surface area contributed by atoms with Gasteiger partial charge in [-0.3, -0.25) is 0 Å². The third-order valence-corrected chi connectivity index (χ3v) is 4.13. The number of aliphatic hydroxyl groups excluding tert-OH is 1. The van der Waals surface area contributed by atoms with Crippen LogP contribution in [0.25, 0.3) is 0 Å². The lowest BCUT2D eigenvalue weighted by molar-refractivity contribution is 0.0650. The first-order valence-corrected chi connectivity index (χ1v) is 7.62. The maximum absolute atomic E-state index is 11.7. The SMILES string of the molecule is CC(C)(C)C(O)CNC(=O)NCC1CC1c1ccccc1. The number of carbonyl (C=O) groups is 1. The van der Waals surface area contributed by atoms with Crippen LogP contribution in [0.4, 0.5) is 4.79 Å². The lowest BCUT2D eigenvalue weighted by Gasteiger charge is -2.25. The predicted molar refractivity (Wildman–Crippen MR) is 84.2 cm³/mol. The van der Waals surface area contributed by atoms with Crippen LogP contribution in [0.15, 0.2) is 30.3 Å². The first-order valence-electron chi connectivity index (χ1n) is 7.62. The Hall–Kier alpha value is -1.55. The zero-order chi connectivity index (χ0) is 15.5. The lowest BCUT2D eigenvalue weighted by atomic mass is 9.89. The van der Waals surface area contributed by atoms with Gasteiger partial charge in [0.2, 0.25) is 0 Å². The molecule has 4 heteroatoms. The van der Waals surface area contributed by atoms with Gasteiger partial charge in [-0.1, -0.05) is 51.1 Å². The zero-order valence-electron chi connectivity index (χ0n) is 13.1. The molecule has 0 heterocycles. The fourth-order valence-corrected chi connectivity index (χ4v) is 2.36. The van der Waals surface area contributed by atoms with E-state index in [9.17, 15) is 9.90 Å². The molecular weight excluding hydrogens is 264 g/mol. The third-order valence-electron chi connectivity index (χ3n) is 4.13. The predicted octanol–water partition coefficient (Wildman–Crippen LogP) is 2.50.